The minimum Gasteiger partial charge on any atom is -1.00 e. The molecule has 3 aromatic carbocycles. The molecular formula is C19H17Cl3Ti. The molecule has 0 aliphatic rings. The van der Waals surface area contributed by atoms with Crippen LogP contribution in [0.3, 0.4) is 0 Å². The topological polar surface area (TPSA) is 0 Å². The molecule has 3 rings (SSSR count). The van der Waals surface area contributed by atoms with Crippen molar-refractivity contribution in [1.82, 2.24) is 0 Å². The summed E-state index contributed by atoms with van der Waals surface area (Å²) in [5.74, 6) is 0. The van der Waals surface area contributed by atoms with Crippen LogP contribution in [-0.2, 0) is 27.1 Å². The van der Waals surface area contributed by atoms with Crippen LogP contribution in [0.5, 0.6) is 0 Å². The molecule has 0 fully saturated rings. The van der Waals surface area contributed by atoms with Gasteiger partial charge in [-0.2, -0.15) is 12.1 Å². The predicted octanol–water partition coefficient (Wildman–Crippen LogP) is -4.23. The molecule has 0 aliphatic carbocycles. The molecule has 118 valence electrons. The van der Waals surface area contributed by atoms with Crippen LogP contribution in [0.25, 0.3) is 0 Å². The fourth-order valence-corrected chi connectivity index (χ4v) is 2.75. The van der Waals surface area contributed by atoms with Gasteiger partial charge in [-0.15, -0.1) is 5.56 Å². The molecule has 0 bridgehead atoms. The first kappa shape index (κ1) is 24.6. The zero-order valence-electron chi connectivity index (χ0n) is 12.7. The Morgan fingerprint density at radius 1 is 0.609 bits per heavy atom. The van der Waals surface area contributed by atoms with Gasteiger partial charge in [-0.3, -0.25) is 0 Å². The SMILES string of the molecule is CC(c1ccccc1)(c1ccccc1)[c-]1cccc1.[Cl-].[Cl-].[Cl-].[Ti+4]. The van der Waals surface area contributed by atoms with E-state index in [2.05, 4.69) is 91.9 Å². The maximum absolute atomic E-state index is 2.30. The number of halogens is 3. The summed E-state index contributed by atoms with van der Waals surface area (Å²) in [5.41, 5.74) is 3.90. The molecule has 0 N–H and O–H groups in total. The maximum atomic E-state index is 2.30. The van der Waals surface area contributed by atoms with Gasteiger partial charge < -0.3 is 37.2 Å². The van der Waals surface area contributed by atoms with Gasteiger partial charge in [0.15, 0.2) is 0 Å². The molecule has 0 atom stereocenters. The second-order valence-electron chi connectivity index (χ2n) is 5.03. The van der Waals surface area contributed by atoms with Gasteiger partial charge in [-0.05, 0) is 16.5 Å². The second kappa shape index (κ2) is 11.0. The zero-order chi connectivity index (χ0) is 13.1. The summed E-state index contributed by atoms with van der Waals surface area (Å²) >= 11 is 0. The van der Waals surface area contributed by atoms with Crippen molar-refractivity contribution in [2.24, 2.45) is 0 Å². The molecule has 0 aromatic heterocycles. The van der Waals surface area contributed by atoms with Crippen LogP contribution in [0.2, 0.25) is 0 Å². The number of benzene rings is 2. The van der Waals surface area contributed by atoms with E-state index in [9.17, 15) is 0 Å². The van der Waals surface area contributed by atoms with Crippen LogP contribution in [0.4, 0.5) is 0 Å². The molecule has 4 heteroatoms. The van der Waals surface area contributed by atoms with Crippen molar-refractivity contribution in [1.29, 1.82) is 0 Å². The Kier molecular flexibility index (Phi) is 11.8. The zero-order valence-corrected chi connectivity index (χ0v) is 16.5. The van der Waals surface area contributed by atoms with Crippen LogP contribution >= 0.6 is 0 Å². The molecule has 0 amide bonds. The molecule has 23 heavy (non-hydrogen) atoms. The van der Waals surface area contributed by atoms with E-state index < -0.39 is 0 Å². The molecule has 0 heterocycles. The Balaban J connectivity index is 0. The van der Waals surface area contributed by atoms with Crippen molar-refractivity contribution in [2.45, 2.75) is 12.3 Å². The van der Waals surface area contributed by atoms with E-state index in [1.807, 2.05) is 0 Å². The Morgan fingerprint density at radius 2 is 0.957 bits per heavy atom. The van der Waals surface area contributed by atoms with E-state index >= 15 is 0 Å². The first-order valence-electron chi connectivity index (χ1n) is 6.65. The Morgan fingerprint density at radius 3 is 1.30 bits per heavy atom. The van der Waals surface area contributed by atoms with Crippen LogP contribution in [-0.4, -0.2) is 0 Å². The van der Waals surface area contributed by atoms with Crippen molar-refractivity contribution < 1.29 is 58.9 Å². The Bertz CT molecular complexity index is 597. The van der Waals surface area contributed by atoms with E-state index in [4.69, 9.17) is 0 Å². The van der Waals surface area contributed by atoms with Crippen molar-refractivity contribution in [3.63, 3.8) is 0 Å². The monoisotopic (exact) mass is 398 g/mol. The van der Waals surface area contributed by atoms with Gasteiger partial charge in [0.1, 0.15) is 0 Å². The third-order valence-electron chi connectivity index (χ3n) is 3.94. The summed E-state index contributed by atoms with van der Waals surface area (Å²) in [5, 5.41) is 0. The van der Waals surface area contributed by atoms with Gasteiger partial charge in [0, 0.05) is 0 Å². The Labute approximate surface area is 172 Å². The number of hydrogen-bond acceptors (Lipinski definition) is 0. The van der Waals surface area contributed by atoms with Crippen molar-refractivity contribution in [2.75, 3.05) is 0 Å². The van der Waals surface area contributed by atoms with Gasteiger partial charge in [0.05, 0.1) is 0 Å². The molecule has 0 nitrogen and oxygen atoms in total. The van der Waals surface area contributed by atoms with E-state index in [0.717, 1.165) is 0 Å². The van der Waals surface area contributed by atoms with Crippen LogP contribution in [0.15, 0.2) is 84.9 Å². The van der Waals surface area contributed by atoms with Crippen LogP contribution < -0.4 is 37.2 Å². The summed E-state index contributed by atoms with van der Waals surface area (Å²) in [6.07, 6.45) is 0. The minimum atomic E-state index is -0.0913. The maximum Gasteiger partial charge on any atom is 4.00 e. The third kappa shape index (κ3) is 4.92. The molecule has 0 saturated heterocycles. The van der Waals surface area contributed by atoms with Gasteiger partial charge in [0.25, 0.3) is 0 Å². The largest absolute Gasteiger partial charge is 4.00 e. The van der Waals surface area contributed by atoms with Crippen molar-refractivity contribution in [3.05, 3.63) is 102 Å². The van der Waals surface area contributed by atoms with Gasteiger partial charge in [0.2, 0.25) is 0 Å². The van der Waals surface area contributed by atoms with Crippen LogP contribution in [0.1, 0.15) is 23.6 Å². The van der Waals surface area contributed by atoms with E-state index in [1.165, 1.54) is 16.7 Å². The van der Waals surface area contributed by atoms with Gasteiger partial charge in [-0.25, -0.2) is 12.1 Å². The van der Waals surface area contributed by atoms with Crippen molar-refractivity contribution in [3.8, 4) is 0 Å². The quantitative estimate of drug-likeness (QED) is 0.309. The van der Waals surface area contributed by atoms with Gasteiger partial charge >= 0.3 is 21.7 Å². The normalized spacial score (nSPS) is 9.43. The van der Waals surface area contributed by atoms with E-state index in [0.29, 0.717) is 0 Å². The second-order valence-corrected chi connectivity index (χ2v) is 5.03. The molecular weight excluding hydrogens is 382 g/mol. The fourth-order valence-electron chi connectivity index (χ4n) is 2.75. The standard InChI is InChI=1S/C19H17.3ClH.Ti/c1-19(18-14-8-9-15-18,16-10-4-2-5-11-16)17-12-6-3-7-13-17;;;;/h2-15H,1H3;3*1H;/q-1;;;;+4/p-3. The first-order valence-corrected chi connectivity index (χ1v) is 6.65. The first-order chi connectivity index (χ1) is 9.32. The molecule has 0 aliphatic heterocycles. The summed E-state index contributed by atoms with van der Waals surface area (Å²) < 4.78 is 0. The minimum absolute atomic E-state index is 0. The van der Waals surface area contributed by atoms with Crippen LogP contribution in [0, 0.1) is 0 Å². The molecule has 0 radical (unpaired) electrons. The summed E-state index contributed by atoms with van der Waals surface area (Å²) in [6, 6.07) is 30.1. The number of hydrogen-bond donors (Lipinski definition) is 0. The van der Waals surface area contributed by atoms with Gasteiger partial charge in [-0.1, -0.05) is 67.6 Å². The predicted molar refractivity (Wildman–Crippen MR) is 80.5 cm³/mol. The fraction of sp³-hybridized carbons (Fsp3) is 0.105. The average molecular weight is 400 g/mol. The summed E-state index contributed by atoms with van der Waals surface area (Å²) in [4.78, 5) is 0. The number of rotatable bonds is 3. The smallest absolute Gasteiger partial charge is 1.00 e. The summed E-state index contributed by atoms with van der Waals surface area (Å²) in [7, 11) is 0. The third-order valence-corrected chi connectivity index (χ3v) is 3.94. The van der Waals surface area contributed by atoms with E-state index in [1.54, 1.807) is 0 Å². The average Bonchev–Trinajstić information content (AvgIpc) is 3.03. The molecule has 0 unspecified atom stereocenters. The van der Waals surface area contributed by atoms with Crippen molar-refractivity contribution >= 4 is 0 Å². The Hall–Kier alpha value is -0.626. The molecule has 3 aromatic rings. The molecule has 0 spiro atoms. The molecule has 0 saturated carbocycles. The summed E-state index contributed by atoms with van der Waals surface area (Å²) in [6.45, 7) is 2.30. The van der Waals surface area contributed by atoms with E-state index in [-0.39, 0.29) is 64.4 Å².